The van der Waals surface area contributed by atoms with Crippen LogP contribution in [0.15, 0.2) is 23.1 Å². The minimum Gasteiger partial charge on any atom is -0.380 e. The number of hydrogen-bond acceptors (Lipinski definition) is 4. The first-order valence-electron chi connectivity index (χ1n) is 7.58. The fourth-order valence-electron chi connectivity index (χ4n) is 2.84. The first-order chi connectivity index (χ1) is 10.0. The maximum absolute atomic E-state index is 9.47. The summed E-state index contributed by atoms with van der Waals surface area (Å²) in [6.07, 6.45) is 1.30. The van der Waals surface area contributed by atoms with Crippen molar-refractivity contribution in [3.8, 4) is 6.07 Å². The third kappa shape index (κ3) is 3.20. The van der Waals surface area contributed by atoms with Crippen molar-refractivity contribution < 1.29 is 4.74 Å². The molecule has 3 nitrogen and oxygen atoms in total. The van der Waals surface area contributed by atoms with Crippen molar-refractivity contribution in [2.24, 2.45) is 5.41 Å². The van der Waals surface area contributed by atoms with E-state index < -0.39 is 0 Å². The molecule has 0 heterocycles. The zero-order valence-electron chi connectivity index (χ0n) is 13.3. The summed E-state index contributed by atoms with van der Waals surface area (Å²) in [5.41, 5.74) is 1.81. The highest BCUT2D eigenvalue weighted by atomic mass is 32.2. The van der Waals surface area contributed by atoms with Gasteiger partial charge in [0.15, 0.2) is 0 Å². The van der Waals surface area contributed by atoms with Gasteiger partial charge in [0.1, 0.15) is 6.07 Å². The zero-order valence-corrected chi connectivity index (χ0v) is 14.1. The van der Waals surface area contributed by atoms with Gasteiger partial charge in [-0.05, 0) is 31.2 Å². The molecule has 0 amide bonds. The molecule has 4 heteroatoms. The second kappa shape index (κ2) is 6.72. The lowest BCUT2D eigenvalue weighted by atomic mass is 9.64. The van der Waals surface area contributed by atoms with Gasteiger partial charge in [-0.3, -0.25) is 0 Å². The van der Waals surface area contributed by atoms with Crippen LogP contribution in [0, 0.1) is 16.7 Å². The largest absolute Gasteiger partial charge is 0.380 e. The van der Waals surface area contributed by atoms with Crippen LogP contribution in [0.3, 0.4) is 0 Å². The minimum atomic E-state index is 0.0939. The second-order valence-electron chi connectivity index (χ2n) is 5.92. The molecule has 1 aliphatic carbocycles. The highest BCUT2D eigenvalue weighted by molar-refractivity contribution is 7.99. The Labute approximate surface area is 132 Å². The van der Waals surface area contributed by atoms with E-state index in [0.29, 0.717) is 12.1 Å². The van der Waals surface area contributed by atoms with Gasteiger partial charge in [0.2, 0.25) is 0 Å². The van der Waals surface area contributed by atoms with Crippen molar-refractivity contribution >= 4 is 17.4 Å². The number of benzene rings is 1. The summed E-state index contributed by atoms with van der Waals surface area (Å²) in [4.78, 5) is 1.06. The third-order valence-electron chi connectivity index (χ3n) is 4.31. The molecule has 114 valence electrons. The summed E-state index contributed by atoms with van der Waals surface area (Å²) in [6, 6.07) is 8.75. The van der Waals surface area contributed by atoms with Gasteiger partial charge in [-0.1, -0.05) is 26.8 Å². The van der Waals surface area contributed by atoms with E-state index in [1.807, 2.05) is 25.1 Å². The van der Waals surface area contributed by atoms with Gasteiger partial charge in [-0.15, -0.1) is 11.8 Å². The molecule has 21 heavy (non-hydrogen) atoms. The number of nitrogens with one attached hydrogen (secondary N) is 1. The molecular formula is C17H24N2OS. The van der Waals surface area contributed by atoms with Crippen LogP contribution in [0.4, 0.5) is 5.69 Å². The van der Waals surface area contributed by atoms with Crippen LogP contribution in [0.2, 0.25) is 0 Å². The van der Waals surface area contributed by atoms with Gasteiger partial charge in [0, 0.05) is 23.0 Å². The Morgan fingerprint density at radius 1 is 1.43 bits per heavy atom. The van der Waals surface area contributed by atoms with E-state index in [4.69, 9.17) is 4.74 Å². The number of anilines is 1. The van der Waals surface area contributed by atoms with Crippen LogP contribution >= 0.6 is 11.8 Å². The molecule has 0 radical (unpaired) electrons. The molecule has 1 aromatic rings. The quantitative estimate of drug-likeness (QED) is 0.796. The van der Waals surface area contributed by atoms with E-state index in [-0.39, 0.29) is 5.41 Å². The van der Waals surface area contributed by atoms with Crippen molar-refractivity contribution in [3.63, 3.8) is 0 Å². The van der Waals surface area contributed by atoms with Crippen LogP contribution < -0.4 is 5.32 Å². The van der Waals surface area contributed by atoms with Crippen molar-refractivity contribution in [2.75, 3.05) is 17.7 Å². The van der Waals surface area contributed by atoms with Gasteiger partial charge in [0.05, 0.1) is 17.4 Å². The predicted molar refractivity (Wildman–Crippen MR) is 88.8 cm³/mol. The van der Waals surface area contributed by atoms with Gasteiger partial charge in [-0.2, -0.15) is 5.26 Å². The molecule has 0 spiro atoms. The first-order valence-corrected chi connectivity index (χ1v) is 8.57. The highest BCUT2D eigenvalue weighted by Gasteiger charge is 2.49. The van der Waals surface area contributed by atoms with E-state index in [2.05, 4.69) is 32.2 Å². The lowest BCUT2D eigenvalue weighted by molar-refractivity contribution is -0.0976. The molecule has 2 rings (SSSR count). The van der Waals surface area contributed by atoms with E-state index in [9.17, 15) is 5.26 Å². The average Bonchev–Trinajstić information content (AvgIpc) is 2.47. The topological polar surface area (TPSA) is 45.0 Å². The Hall–Kier alpha value is -1.18. The summed E-state index contributed by atoms with van der Waals surface area (Å²) >= 11 is 1.71. The molecular weight excluding hydrogens is 280 g/mol. The number of nitriles is 1. The summed E-state index contributed by atoms with van der Waals surface area (Å²) in [5, 5.41) is 13.0. The van der Waals surface area contributed by atoms with Crippen LogP contribution in [0.1, 0.15) is 39.7 Å². The summed E-state index contributed by atoms with van der Waals surface area (Å²) < 4.78 is 5.77. The van der Waals surface area contributed by atoms with Gasteiger partial charge in [-0.25, -0.2) is 0 Å². The Balaban J connectivity index is 2.15. The van der Waals surface area contributed by atoms with E-state index in [0.717, 1.165) is 34.9 Å². The highest BCUT2D eigenvalue weighted by Crippen LogP contribution is 2.45. The van der Waals surface area contributed by atoms with Gasteiger partial charge < -0.3 is 10.1 Å². The Bertz CT molecular complexity index is 536. The molecule has 0 aliphatic heterocycles. The van der Waals surface area contributed by atoms with Crippen molar-refractivity contribution in [2.45, 2.75) is 51.2 Å². The van der Waals surface area contributed by atoms with Crippen LogP contribution in [-0.2, 0) is 4.74 Å². The molecule has 0 aromatic heterocycles. The van der Waals surface area contributed by atoms with Crippen molar-refractivity contribution in [1.29, 1.82) is 5.26 Å². The Kier molecular flexibility index (Phi) is 5.18. The summed E-state index contributed by atoms with van der Waals surface area (Å²) in [6.45, 7) is 9.35. The molecule has 0 bridgehead atoms. The first kappa shape index (κ1) is 16.2. The summed E-state index contributed by atoms with van der Waals surface area (Å²) in [5.74, 6) is 0.972. The Morgan fingerprint density at radius 2 is 2.19 bits per heavy atom. The van der Waals surface area contributed by atoms with E-state index >= 15 is 0 Å². The molecule has 2 atom stereocenters. The minimum absolute atomic E-state index is 0.0939. The van der Waals surface area contributed by atoms with Crippen molar-refractivity contribution in [3.05, 3.63) is 23.8 Å². The molecule has 1 aliphatic rings. The number of ether oxygens (including phenoxy) is 1. The Morgan fingerprint density at radius 3 is 2.76 bits per heavy atom. The standard InChI is InChI=1S/C17H24N2OS/c1-5-20-16-10-15(17(16,3)4)19-13-8-7-9-14(21-6-2)12(13)11-18/h7-9,15-16,19H,5-6,10H2,1-4H3. The fourth-order valence-corrected chi connectivity index (χ4v) is 3.63. The fraction of sp³-hybridized carbons (Fsp3) is 0.588. The molecule has 1 saturated carbocycles. The number of nitrogens with zero attached hydrogens (tertiary/aromatic N) is 1. The number of thioether (sulfide) groups is 1. The predicted octanol–water partition coefficient (Wildman–Crippen LogP) is 4.29. The molecule has 2 unspecified atom stereocenters. The van der Waals surface area contributed by atoms with E-state index in [1.165, 1.54) is 0 Å². The molecule has 1 aromatic carbocycles. The van der Waals surface area contributed by atoms with Gasteiger partial charge >= 0.3 is 0 Å². The molecule has 1 N–H and O–H groups in total. The summed E-state index contributed by atoms with van der Waals surface area (Å²) in [7, 11) is 0. The second-order valence-corrected chi connectivity index (χ2v) is 7.23. The maximum atomic E-state index is 9.47. The van der Waals surface area contributed by atoms with Crippen LogP contribution in [0.5, 0.6) is 0 Å². The third-order valence-corrected chi connectivity index (χ3v) is 5.25. The van der Waals surface area contributed by atoms with E-state index in [1.54, 1.807) is 11.8 Å². The van der Waals surface area contributed by atoms with Gasteiger partial charge in [0.25, 0.3) is 0 Å². The zero-order chi connectivity index (χ0) is 15.5. The monoisotopic (exact) mass is 304 g/mol. The smallest absolute Gasteiger partial charge is 0.102 e. The molecule has 1 fully saturated rings. The van der Waals surface area contributed by atoms with Crippen LogP contribution in [-0.4, -0.2) is 24.5 Å². The lowest BCUT2D eigenvalue weighted by Crippen LogP contribution is -2.58. The maximum Gasteiger partial charge on any atom is 0.102 e. The SMILES string of the molecule is CCOC1CC(Nc2cccc(SCC)c2C#N)C1(C)C. The van der Waals surface area contributed by atoms with Crippen molar-refractivity contribution in [1.82, 2.24) is 0 Å². The molecule has 0 saturated heterocycles. The lowest BCUT2D eigenvalue weighted by Gasteiger charge is -2.52. The van der Waals surface area contributed by atoms with Crippen LogP contribution in [0.25, 0.3) is 0 Å². The number of rotatable bonds is 6. The normalized spacial score (nSPS) is 23.2. The average molecular weight is 304 g/mol. The number of hydrogen-bond donors (Lipinski definition) is 1.